The van der Waals surface area contributed by atoms with E-state index in [0.717, 1.165) is 5.69 Å². The molecule has 1 amide bonds. The molecule has 1 rings (SSSR count). The first-order chi connectivity index (χ1) is 7.54. The largest absolute Gasteiger partial charge is 0.396 e. The topological polar surface area (TPSA) is 67.2 Å². The lowest BCUT2D eigenvalue weighted by molar-refractivity contribution is 0.0945. The van der Waals surface area contributed by atoms with Crippen LogP contribution in [-0.4, -0.2) is 33.9 Å². The minimum Gasteiger partial charge on any atom is -0.396 e. The van der Waals surface area contributed by atoms with Gasteiger partial charge in [-0.15, -0.1) is 0 Å². The van der Waals surface area contributed by atoms with Crippen molar-refractivity contribution in [3.05, 3.63) is 17.5 Å². The standard InChI is InChI=1S/C11H19N3O2/c1-8(4-5-15)6-12-11(16)10-7-14(3)13-9(10)2/h7-8,15H,4-6H2,1-3H3,(H,12,16). The Morgan fingerprint density at radius 3 is 2.88 bits per heavy atom. The first-order valence-corrected chi connectivity index (χ1v) is 5.44. The minimum atomic E-state index is -0.101. The highest BCUT2D eigenvalue weighted by Gasteiger charge is 2.12. The molecule has 0 radical (unpaired) electrons. The highest BCUT2D eigenvalue weighted by molar-refractivity contribution is 5.94. The molecular formula is C11H19N3O2. The number of hydrogen-bond acceptors (Lipinski definition) is 3. The Kier molecular flexibility index (Phi) is 4.49. The lowest BCUT2D eigenvalue weighted by Gasteiger charge is -2.10. The van der Waals surface area contributed by atoms with Crippen molar-refractivity contribution in [2.45, 2.75) is 20.3 Å². The zero-order chi connectivity index (χ0) is 12.1. The van der Waals surface area contributed by atoms with Crippen molar-refractivity contribution in [3.8, 4) is 0 Å². The normalized spacial score (nSPS) is 12.5. The van der Waals surface area contributed by atoms with Crippen molar-refractivity contribution < 1.29 is 9.90 Å². The summed E-state index contributed by atoms with van der Waals surface area (Å²) in [5.74, 6) is 0.182. The summed E-state index contributed by atoms with van der Waals surface area (Å²) in [6.45, 7) is 4.54. The van der Waals surface area contributed by atoms with Crippen LogP contribution in [0.4, 0.5) is 0 Å². The Bertz CT molecular complexity index is 360. The number of aliphatic hydroxyl groups excluding tert-OH is 1. The third kappa shape index (κ3) is 3.34. The average Bonchev–Trinajstić information content (AvgIpc) is 2.55. The fourth-order valence-electron chi connectivity index (χ4n) is 1.51. The Morgan fingerprint density at radius 2 is 2.38 bits per heavy atom. The average molecular weight is 225 g/mol. The molecule has 0 saturated heterocycles. The number of carbonyl (C=O) groups excluding carboxylic acids is 1. The van der Waals surface area contributed by atoms with Crippen LogP contribution in [0.3, 0.4) is 0 Å². The summed E-state index contributed by atoms with van der Waals surface area (Å²) < 4.78 is 1.63. The number of rotatable bonds is 5. The van der Waals surface area contributed by atoms with Gasteiger partial charge in [0.05, 0.1) is 11.3 Å². The number of aliphatic hydroxyl groups is 1. The lowest BCUT2D eigenvalue weighted by atomic mass is 10.1. The second-order valence-corrected chi connectivity index (χ2v) is 4.13. The maximum Gasteiger partial charge on any atom is 0.254 e. The second-order valence-electron chi connectivity index (χ2n) is 4.13. The highest BCUT2D eigenvalue weighted by Crippen LogP contribution is 2.05. The molecular weight excluding hydrogens is 206 g/mol. The van der Waals surface area contributed by atoms with Crippen molar-refractivity contribution in [3.63, 3.8) is 0 Å². The molecule has 0 aliphatic carbocycles. The minimum absolute atomic E-state index is 0.101. The molecule has 0 aliphatic rings. The molecule has 2 N–H and O–H groups in total. The molecule has 0 aliphatic heterocycles. The first-order valence-electron chi connectivity index (χ1n) is 5.44. The van der Waals surface area contributed by atoms with E-state index in [4.69, 9.17) is 5.11 Å². The van der Waals surface area contributed by atoms with Gasteiger partial charge in [0.25, 0.3) is 5.91 Å². The summed E-state index contributed by atoms with van der Waals surface area (Å²) in [6, 6.07) is 0. The van der Waals surface area contributed by atoms with E-state index in [1.807, 2.05) is 13.8 Å². The number of aryl methyl sites for hydroxylation is 2. The lowest BCUT2D eigenvalue weighted by Crippen LogP contribution is -2.28. The van der Waals surface area contributed by atoms with Gasteiger partial charge in [-0.25, -0.2) is 0 Å². The predicted molar refractivity (Wildman–Crippen MR) is 61.1 cm³/mol. The van der Waals surface area contributed by atoms with E-state index in [9.17, 15) is 4.79 Å². The fourth-order valence-corrected chi connectivity index (χ4v) is 1.51. The summed E-state index contributed by atoms with van der Waals surface area (Å²) in [5, 5.41) is 15.7. The van der Waals surface area contributed by atoms with Gasteiger partial charge in [-0.2, -0.15) is 5.10 Å². The van der Waals surface area contributed by atoms with E-state index in [-0.39, 0.29) is 18.4 Å². The van der Waals surface area contributed by atoms with Crippen LogP contribution in [0.25, 0.3) is 0 Å². The van der Waals surface area contributed by atoms with Gasteiger partial charge < -0.3 is 10.4 Å². The molecule has 0 spiro atoms. The smallest absolute Gasteiger partial charge is 0.254 e. The molecule has 0 fully saturated rings. The van der Waals surface area contributed by atoms with Gasteiger partial charge in [-0.05, 0) is 19.3 Å². The van der Waals surface area contributed by atoms with Crippen LogP contribution in [0, 0.1) is 12.8 Å². The summed E-state index contributed by atoms with van der Waals surface area (Å²) in [4.78, 5) is 11.8. The van der Waals surface area contributed by atoms with Crippen molar-refractivity contribution in [2.75, 3.05) is 13.2 Å². The maximum atomic E-state index is 11.8. The number of aromatic nitrogens is 2. The van der Waals surface area contributed by atoms with Crippen molar-refractivity contribution in [1.29, 1.82) is 0 Å². The SMILES string of the molecule is Cc1nn(C)cc1C(=O)NCC(C)CCO. The van der Waals surface area contributed by atoms with Crippen LogP contribution in [-0.2, 0) is 7.05 Å². The summed E-state index contributed by atoms with van der Waals surface area (Å²) in [7, 11) is 1.79. The molecule has 0 saturated carbocycles. The molecule has 1 aromatic heterocycles. The number of nitrogens with zero attached hydrogens (tertiary/aromatic N) is 2. The summed E-state index contributed by atoms with van der Waals surface area (Å²) in [5.41, 5.74) is 1.34. The summed E-state index contributed by atoms with van der Waals surface area (Å²) in [6.07, 6.45) is 2.41. The van der Waals surface area contributed by atoms with Crippen LogP contribution in [0.15, 0.2) is 6.20 Å². The molecule has 0 aromatic carbocycles. The Morgan fingerprint density at radius 1 is 1.69 bits per heavy atom. The third-order valence-electron chi connectivity index (χ3n) is 2.49. The zero-order valence-corrected chi connectivity index (χ0v) is 10.0. The molecule has 1 unspecified atom stereocenters. The quantitative estimate of drug-likeness (QED) is 0.765. The van der Waals surface area contributed by atoms with Gasteiger partial charge in [0, 0.05) is 26.4 Å². The third-order valence-corrected chi connectivity index (χ3v) is 2.49. The number of carbonyl (C=O) groups is 1. The van der Waals surface area contributed by atoms with Gasteiger partial charge >= 0.3 is 0 Å². The van der Waals surface area contributed by atoms with Crippen LogP contribution in [0.2, 0.25) is 0 Å². The van der Waals surface area contributed by atoms with Crippen molar-refractivity contribution >= 4 is 5.91 Å². The van der Waals surface area contributed by atoms with Crippen molar-refractivity contribution in [1.82, 2.24) is 15.1 Å². The number of amides is 1. The zero-order valence-electron chi connectivity index (χ0n) is 10.0. The van der Waals surface area contributed by atoms with Crippen LogP contribution in [0.5, 0.6) is 0 Å². The fraction of sp³-hybridized carbons (Fsp3) is 0.636. The molecule has 5 heteroatoms. The highest BCUT2D eigenvalue weighted by atomic mass is 16.3. The maximum absolute atomic E-state index is 11.8. The molecule has 16 heavy (non-hydrogen) atoms. The number of hydrogen-bond donors (Lipinski definition) is 2. The summed E-state index contributed by atoms with van der Waals surface area (Å²) >= 11 is 0. The molecule has 1 atom stereocenters. The van der Waals surface area contributed by atoms with E-state index in [1.165, 1.54) is 0 Å². The van der Waals surface area contributed by atoms with Gasteiger partial charge in [0.1, 0.15) is 0 Å². The van der Waals surface area contributed by atoms with Crippen LogP contribution in [0.1, 0.15) is 29.4 Å². The van der Waals surface area contributed by atoms with Crippen molar-refractivity contribution in [2.24, 2.45) is 13.0 Å². The van der Waals surface area contributed by atoms with E-state index in [2.05, 4.69) is 10.4 Å². The first kappa shape index (κ1) is 12.7. The van der Waals surface area contributed by atoms with Crippen LogP contribution >= 0.6 is 0 Å². The van der Waals surface area contributed by atoms with Crippen LogP contribution < -0.4 is 5.32 Å². The molecule has 1 heterocycles. The Labute approximate surface area is 95.5 Å². The molecule has 0 bridgehead atoms. The van der Waals surface area contributed by atoms with E-state index in [1.54, 1.807) is 17.9 Å². The monoisotopic (exact) mass is 225 g/mol. The van der Waals surface area contributed by atoms with Gasteiger partial charge in [0.2, 0.25) is 0 Å². The second kappa shape index (κ2) is 5.65. The van der Waals surface area contributed by atoms with E-state index in [0.29, 0.717) is 18.5 Å². The molecule has 5 nitrogen and oxygen atoms in total. The Balaban J connectivity index is 2.50. The number of nitrogens with one attached hydrogen (secondary N) is 1. The van der Waals surface area contributed by atoms with Gasteiger partial charge in [0.15, 0.2) is 0 Å². The van der Waals surface area contributed by atoms with Gasteiger partial charge in [-0.3, -0.25) is 9.48 Å². The molecule has 1 aromatic rings. The van der Waals surface area contributed by atoms with E-state index < -0.39 is 0 Å². The van der Waals surface area contributed by atoms with Gasteiger partial charge in [-0.1, -0.05) is 6.92 Å². The van der Waals surface area contributed by atoms with E-state index >= 15 is 0 Å². The predicted octanol–water partition coefficient (Wildman–Crippen LogP) is 0.477. The Hall–Kier alpha value is -1.36. The molecule has 90 valence electrons.